The van der Waals surface area contributed by atoms with Gasteiger partial charge in [-0.3, -0.25) is 4.90 Å². The Labute approximate surface area is 101 Å². The van der Waals surface area contributed by atoms with E-state index in [1.54, 1.807) is 0 Å². The van der Waals surface area contributed by atoms with E-state index < -0.39 is 0 Å². The van der Waals surface area contributed by atoms with Gasteiger partial charge in [0.1, 0.15) is 0 Å². The Morgan fingerprint density at radius 2 is 1.94 bits per heavy atom. The maximum atomic E-state index is 3.73. The molecule has 1 aliphatic carbocycles. The molecule has 2 heteroatoms. The summed E-state index contributed by atoms with van der Waals surface area (Å²) in [5.41, 5.74) is 0.669. The van der Waals surface area contributed by atoms with E-state index in [0.29, 0.717) is 11.1 Å². The Bertz CT molecular complexity index is 245. The van der Waals surface area contributed by atoms with Crippen molar-refractivity contribution in [1.29, 1.82) is 0 Å². The third kappa shape index (κ3) is 2.78. The third-order valence-corrected chi connectivity index (χ3v) is 4.63. The fraction of sp³-hybridized carbons (Fsp3) is 1.00. The molecular formula is C14H28N2. The number of hydrogen-bond acceptors (Lipinski definition) is 2. The summed E-state index contributed by atoms with van der Waals surface area (Å²) < 4.78 is 0. The molecule has 1 N–H and O–H groups in total. The normalized spacial score (nSPS) is 35.2. The van der Waals surface area contributed by atoms with E-state index in [2.05, 4.69) is 37.9 Å². The van der Waals surface area contributed by atoms with Crippen LogP contribution in [0.3, 0.4) is 0 Å². The molecule has 1 heterocycles. The van der Waals surface area contributed by atoms with E-state index in [-0.39, 0.29) is 0 Å². The number of nitrogens with one attached hydrogen (secondary N) is 1. The van der Waals surface area contributed by atoms with E-state index >= 15 is 0 Å². The van der Waals surface area contributed by atoms with Crippen molar-refractivity contribution in [3.63, 3.8) is 0 Å². The molecule has 1 saturated heterocycles. The van der Waals surface area contributed by atoms with Crippen LogP contribution < -0.4 is 5.32 Å². The highest BCUT2D eigenvalue weighted by Crippen LogP contribution is 2.34. The van der Waals surface area contributed by atoms with Crippen molar-refractivity contribution in [2.24, 2.45) is 5.92 Å². The molecule has 0 aromatic rings. The van der Waals surface area contributed by atoms with Gasteiger partial charge in [0.2, 0.25) is 0 Å². The van der Waals surface area contributed by atoms with Crippen LogP contribution in [0.15, 0.2) is 0 Å². The lowest BCUT2D eigenvalue weighted by Crippen LogP contribution is -2.67. The Morgan fingerprint density at radius 3 is 2.50 bits per heavy atom. The summed E-state index contributed by atoms with van der Waals surface area (Å²) in [5, 5.41) is 3.73. The summed E-state index contributed by atoms with van der Waals surface area (Å²) in [6.45, 7) is 13.1. The molecular weight excluding hydrogens is 196 g/mol. The Hall–Kier alpha value is -0.0800. The summed E-state index contributed by atoms with van der Waals surface area (Å²) in [6.07, 6.45) is 5.61. The number of hydrogen-bond donors (Lipinski definition) is 1. The van der Waals surface area contributed by atoms with E-state index in [1.807, 2.05) is 0 Å². The SMILES string of the molecule is CCC1(C)CN(CCC2CC2)C(C)(C)CN1. The largest absolute Gasteiger partial charge is 0.308 e. The minimum Gasteiger partial charge on any atom is -0.308 e. The standard InChI is InChI=1S/C14H28N2/c1-5-14(4)11-16(9-8-12-6-7-12)13(2,3)10-15-14/h12,15H,5-11H2,1-4H3. The molecule has 2 aliphatic rings. The summed E-state index contributed by atoms with van der Waals surface area (Å²) in [4.78, 5) is 2.71. The van der Waals surface area contributed by atoms with Crippen LogP contribution in [0, 0.1) is 5.92 Å². The van der Waals surface area contributed by atoms with Crippen LogP contribution in [-0.4, -0.2) is 35.6 Å². The van der Waals surface area contributed by atoms with Gasteiger partial charge in [-0.1, -0.05) is 19.8 Å². The fourth-order valence-corrected chi connectivity index (χ4v) is 2.60. The van der Waals surface area contributed by atoms with Crippen molar-refractivity contribution in [3.05, 3.63) is 0 Å². The van der Waals surface area contributed by atoms with Crippen LogP contribution in [0.1, 0.15) is 53.4 Å². The van der Waals surface area contributed by atoms with E-state index in [0.717, 1.165) is 12.5 Å². The molecule has 2 rings (SSSR count). The molecule has 1 atom stereocenters. The first-order valence-electron chi connectivity index (χ1n) is 6.95. The van der Waals surface area contributed by atoms with Gasteiger partial charge in [0.15, 0.2) is 0 Å². The molecule has 0 spiro atoms. The highest BCUT2D eigenvalue weighted by molar-refractivity contribution is 4.99. The minimum atomic E-state index is 0.332. The van der Waals surface area contributed by atoms with Gasteiger partial charge in [0.05, 0.1) is 0 Å². The molecule has 1 saturated carbocycles. The topological polar surface area (TPSA) is 15.3 Å². The average molecular weight is 224 g/mol. The number of nitrogens with zero attached hydrogens (tertiary/aromatic N) is 1. The van der Waals surface area contributed by atoms with Crippen molar-refractivity contribution in [2.45, 2.75) is 64.5 Å². The predicted molar refractivity (Wildman–Crippen MR) is 69.7 cm³/mol. The first-order chi connectivity index (χ1) is 7.45. The summed E-state index contributed by atoms with van der Waals surface area (Å²) in [5.74, 6) is 1.05. The lowest BCUT2D eigenvalue weighted by Gasteiger charge is -2.51. The van der Waals surface area contributed by atoms with Gasteiger partial charge in [0.25, 0.3) is 0 Å². The number of piperazine rings is 1. The second-order valence-corrected chi connectivity index (χ2v) is 6.73. The van der Waals surface area contributed by atoms with Crippen LogP contribution in [0.2, 0.25) is 0 Å². The first kappa shape index (κ1) is 12.4. The predicted octanol–water partition coefficient (Wildman–Crippen LogP) is 2.64. The average Bonchev–Trinajstić information content (AvgIpc) is 3.04. The van der Waals surface area contributed by atoms with E-state index in [4.69, 9.17) is 0 Å². The number of rotatable bonds is 4. The first-order valence-corrected chi connectivity index (χ1v) is 6.95. The van der Waals surface area contributed by atoms with Crippen LogP contribution in [0.25, 0.3) is 0 Å². The summed E-state index contributed by atoms with van der Waals surface area (Å²) in [7, 11) is 0. The molecule has 2 fully saturated rings. The van der Waals surface area contributed by atoms with Gasteiger partial charge in [-0.2, -0.15) is 0 Å². The van der Waals surface area contributed by atoms with Gasteiger partial charge in [-0.15, -0.1) is 0 Å². The second-order valence-electron chi connectivity index (χ2n) is 6.73. The molecule has 1 unspecified atom stereocenters. The van der Waals surface area contributed by atoms with Crippen molar-refractivity contribution >= 4 is 0 Å². The molecule has 0 radical (unpaired) electrons. The summed E-state index contributed by atoms with van der Waals surface area (Å²) in [6, 6.07) is 0. The summed E-state index contributed by atoms with van der Waals surface area (Å²) >= 11 is 0. The third-order valence-electron chi connectivity index (χ3n) is 4.63. The van der Waals surface area contributed by atoms with E-state index in [1.165, 1.54) is 38.8 Å². The van der Waals surface area contributed by atoms with Crippen molar-refractivity contribution in [2.75, 3.05) is 19.6 Å². The zero-order valence-corrected chi connectivity index (χ0v) is 11.5. The minimum absolute atomic E-state index is 0.332. The van der Waals surface area contributed by atoms with E-state index in [9.17, 15) is 0 Å². The van der Waals surface area contributed by atoms with Crippen LogP contribution in [0.5, 0.6) is 0 Å². The second kappa shape index (κ2) is 4.30. The van der Waals surface area contributed by atoms with Gasteiger partial charge >= 0.3 is 0 Å². The molecule has 0 aromatic carbocycles. The molecule has 16 heavy (non-hydrogen) atoms. The smallest absolute Gasteiger partial charge is 0.0278 e. The van der Waals surface area contributed by atoms with Gasteiger partial charge in [0, 0.05) is 24.2 Å². The molecule has 2 nitrogen and oxygen atoms in total. The van der Waals surface area contributed by atoms with Gasteiger partial charge in [-0.05, 0) is 46.1 Å². The fourth-order valence-electron chi connectivity index (χ4n) is 2.60. The van der Waals surface area contributed by atoms with Crippen molar-refractivity contribution in [3.8, 4) is 0 Å². The van der Waals surface area contributed by atoms with Crippen molar-refractivity contribution in [1.82, 2.24) is 10.2 Å². The van der Waals surface area contributed by atoms with Gasteiger partial charge < -0.3 is 5.32 Å². The Kier molecular flexibility index (Phi) is 3.33. The highest BCUT2D eigenvalue weighted by atomic mass is 15.3. The van der Waals surface area contributed by atoms with Gasteiger partial charge in [-0.25, -0.2) is 0 Å². The Balaban J connectivity index is 1.93. The maximum Gasteiger partial charge on any atom is 0.0278 e. The highest BCUT2D eigenvalue weighted by Gasteiger charge is 2.39. The Morgan fingerprint density at radius 1 is 1.25 bits per heavy atom. The molecule has 1 aliphatic heterocycles. The van der Waals surface area contributed by atoms with Crippen LogP contribution in [-0.2, 0) is 0 Å². The molecule has 94 valence electrons. The van der Waals surface area contributed by atoms with Crippen LogP contribution in [0.4, 0.5) is 0 Å². The zero-order valence-electron chi connectivity index (χ0n) is 11.5. The molecule has 0 aromatic heterocycles. The van der Waals surface area contributed by atoms with Crippen molar-refractivity contribution < 1.29 is 0 Å². The van der Waals surface area contributed by atoms with Crippen LogP contribution >= 0.6 is 0 Å². The lowest BCUT2D eigenvalue weighted by atomic mass is 9.88. The molecule has 0 bridgehead atoms. The quantitative estimate of drug-likeness (QED) is 0.790. The zero-order chi connectivity index (χ0) is 11.8. The maximum absolute atomic E-state index is 3.73. The lowest BCUT2D eigenvalue weighted by molar-refractivity contribution is 0.0294. The molecule has 0 amide bonds. The monoisotopic (exact) mass is 224 g/mol.